The summed E-state index contributed by atoms with van der Waals surface area (Å²) in [6.45, 7) is 14.9. The predicted molar refractivity (Wildman–Crippen MR) is 157 cm³/mol. The molecule has 1 fully saturated rings. The number of nitrogens with two attached hydrogens (primary N) is 1. The molecule has 6 heteroatoms. The van der Waals surface area contributed by atoms with Gasteiger partial charge in [-0.3, -0.25) is 5.14 Å². The highest BCUT2D eigenvalue weighted by Crippen LogP contribution is 2.30. The van der Waals surface area contributed by atoms with Crippen LogP contribution in [0.5, 0.6) is 0 Å². The molecule has 2 aromatic carbocycles. The van der Waals surface area contributed by atoms with E-state index in [0.29, 0.717) is 5.02 Å². The first-order chi connectivity index (χ1) is 16.8. The maximum Gasteiger partial charge on any atom is 0.0730 e. The zero-order valence-electron chi connectivity index (χ0n) is 21.0. The van der Waals surface area contributed by atoms with Crippen LogP contribution in [0.1, 0.15) is 31.7 Å². The van der Waals surface area contributed by atoms with Gasteiger partial charge in [-0.25, -0.2) is 4.98 Å². The second-order valence-electron chi connectivity index (χ2n) is 8.88. The molecule has 3 aromatic rings. The van der Waals surface area contributed by atoms with Gasteiger partial charge < -0.3 is 9.80 Å². The third-order valence-corrected chi connectivity index (χ3v) is 7.43. The van der Waals surface area contributed by atoms with Crippen LogP contribution in [-0.2, 0) is 0 Å². The summed E-state index contributed by atoms with van der Waals surface area (Å²) in [6.07, 6.45) is 5.53. The lowest BCUT2D eigenvalue weighted by Crippen LogP contribution is -2.43. The van der Waals surface area contributed by atoms with E-state index in [9.17, 15) is 0 Å². The van der Waals surface area contributed by atoms with Gasteiger partial charge >= 0.3 is 0 Å². The fourth-order valence-electron chi connectivity index (χ4n) is 3.94. The monoisotopic (exact) mass is 508 g/mol. The highest BCUT2D eigenvalue weighted by molar-refractivity contribution is 8.12. The third kappa shape index (κ3) is 7.52. The van der Waals surface area contributed by atoms with E-state index in [1.807, 2.05) is 48.5 Å². The van der Waals surface area contributed by atoms with Crippen LogP contribution < -0.4 is 5.14 Å². The molecular formula is C29H37ClN4S. The topological polar surface area (TPSA) is 45.4 Å². The molecule has 1 saturated heterocycles. The Morgan fingerprint density at radius 3 is 2.40 bits per heavy atom. The van der Waals surface area contributed by atoms with E-state index in [4.69, 9.17) is 21.7 Å². The predicted octanol–water partition coefficient (Wildman–Crippen LogP) is 7.07. The number of halogens is 1. The number of aromatic nitrogens is 1. The normalized spacial score (nSPS) is 14.8. The fraction of sp³-hybridized carbons (Fsp3) is 0.310. The first-order valence-electron chi connectivity index (χ1n) is 12.0. The van der Waals surface area contributed by atoms with Crippen molar-refractivity contribution >= 4 is 45.1 Å². The van der Waals surface area contributed by atoms with Gasteiger partial charge in [0.05, 0.1) is 16.2 Å². The summed E-state index contributed by atoms with van der Waals surface area (Å²) in [7, 11) is 1.70. The van der Waals surface area contributed by atoms with Crippen LogP contribution in [0, 0.1) is 0 Å². The summed E-state index contributed by atoms with van der Waals surface area (Å²) in [4.78, 5) is 10.5. The Labute approximate surface area is 218 Å². The molecular weight excluding hydrogens is 472 g/mol. The second kappa shape index (κ2) is 13.0. The molecule has 1 unspecified atom stereocenters. The van der Waals surface area contributed by atoms with Crippen molar-refractivity contribution < 1.29 is 0 Å². The summed E-state index contributed by atoms with van der Waals surface area (Å²) >= 11 is 6.39. The van der Waals surface area contributed by atoms with Crippen molar-refractivity contribution in [1.29, 1.82) is 0 Å². The van der Waals surface area contributed by atoms with Crippen LogP contribution in [0.15, 0.2) is 72.3 Å². The molecule has 4 nitrogen and oxygen atoms in total. The summed E-state index contributed by atoms with van der Waals surface area (Å²) in [5.41, 5.74) is 5.07. The van der Waals surface area contributed by atoms with Gasteiger partial charge in [0, 0.05) is 47.7 Å². The van der Waals surface area contributed by atoms with Gasteiger partial charge in [-0.2, -0.15) is 0 Å². The number of allylic oxidation sites excluding steroid dienone is 1. The molecule has 0 radical (unpaired) electrons. The fourth-order valence-corrected chi connectivity index (χ4v) is 4.69. The largest absolute Gasteiger partial charge is 0.373 e. The molecule has 186 valence electrons. The standard InChI is InChI=1S/C18H15ClN2S.C11H22N2/c1-3-12-4-9-15-16(19)11-17(21-18(15)10-12)13-5-7-14(8-6-13)22(2)20;1-4-5-6-11(2)13-9-7-12(3)8-10-13/h3-11H,1-2,20H2;2,4-10H2,1,3H3. The number of rotatable bonds is 7. The molecule has 0 saturated carbocycles. The van der Waals surface area contributed by atoms with E-state index in [0.717, 1.165) is 32.6 Å². The molecule has 2 heterocycles. The Hall–Kier alpha value is -2.44. The average Bonchev–Trinajstić information content (AvgIpc) is 2.87. The number of piperazine rings is 1. The van der Waals surface area contributed by atoms with E-state index < -0.39 is 10.7 Å². The average molecular weight is 509 g/mol. The molecule has 1 aliphatic heterocycles. The number of likely N-dealkylation sites (N-methyl/N-ethyl adjacent to an activating group) is 1. The lowest BCUT2D eigenvalue weighted by molar-refractivity contribution is 0.182. The number of pyridine rings is 1. The molecule has 2 N–H and O–H groups in total. The molecule has 35 heavy (non-hydrogen) atoms. The molecule has 0 bridgehead atoms. The van der Waals surface area contributed by atoms with Crippen LogP contribution >= 0.6 is 22.3 Å². The van der Waals surface area contributed by atoms with Gasteiger partial charge in [0.25, 0.3) is 0 Å². The Kier molecular flexibility index (Phi) is 10.1. The van der Waals surface area contributed by atoms with Crippen molar-refractivity contribution in [3.05, 3.63) is 78.0 Å². The highest BCUT2D eigenvalue weighted by Gasteiger charge is 2.14. The zero-order chi connectivity index (χ0) is 25.4. The van der Waals surface area contributed by atoms with Crippen LogP contribution in [0.4, 0.5) is 0 Å². The second-order valence-corrected chi connectivity index (χ2v) is 10.6. The van der Waals surface area contributed by atoms with Crippen molar-refractivity contribution in [1.82, 2.24) is 14.8 Å². The maximum absolute atomic E-state index is 6.39. The third-order valence-electron chi connectivity index (χ3n) is 6.24. The lowest BCUT2D eigenvalue weighted by atomic mass is 10.1. The summed E-state index contributed by atoms with van der Waals surface area (Å²) < 4.78 is 0. The Morgan fingerprint density at radius 2 is 1.80 bits per heavy atom. The van der Waals surface area contributed by atoms with Crippen LogP contribution in [0.25, 0.3) is 28.2 Å². The number of benzene rings is 2. The minimum atomic E-state index is -0.482. The molecule has 1 aliphatic rings. The Balaban J connectivity index is 0.000000225. The molecule has 0 aliphatic carbocycles. The summed E-state index contributed by atoms with van der Waals surface area (Å²) in [5.74, 6) is 3.84. The number of hydrogen-bond acceptors (Lipinski definition) is 4. The quantitative estimate of drug-likeness (QED) is 0.346. The highest BCUT2D eigenvalue weighted by atomic mass is 35.5. The first kappa shape index (κ1) is 27.2. The van der Waals surface area contributed by atoms with E-state index in [2.05, 4.69) is 42.8 Å². The Morgan fingerprint density at radius 1 is 1.11 bits per heavy atom. The van der Waals surface area contributed by atoms with E-state index in [1.165, 1.54) is 51.1 Å². The smallest absolute Gasteiger partial charge is 0.0730 e. The van der Waals surface area contributed by atoms with Crippen LogP contribution in [-0.4, -0.2) is 53.9 Å². The summed E-state index contributed by atoms with van der Waals surface area (Å²) in [6, 6.07) is 15.8. The van der Waals surface area contributed by atoms with Crippen molar-refractivity contribution in [2.24, 2.45) is 5.14 Å². The van der Waals surface area contributed by atoms with Crippen molar-refractivity contribution in [3.8, 4) is 11.3 Å². The van der Waals surface area contributed by atoms with E-state index >= 15 is 0 Å². The molecule has 1 aromatic heterocycles. The Bertz CT molecular complexity index is 1180. The summed E-state index contributed by atoms with van der Waals surface area (Å²) in [5, 5.41) is 7.43. The van der Waals surface area contributed by atoms with Gasteiger partial charge in [0.2, 0.25) is 0 Å². The van der Waals surface area contributed by atoms with Gasteiger partial charge in [0.1, 0.15) is 0 Å². The lowest BCUT2D eigenvalue weighted by Gasteiger charge is -2.35. The van der Waals surface area contributed by atoms with E-state index in [1.54, 1.807) is 6.08 Å². The molecule has 0 amide bonds. The maximum atomic E-state index is 6.39. The van der Waals surface area contributed by atoms with Crippen LogP contribution in [0.2, 0.25) is 5.02 Å². The minimum absolute atomic E-state index is 0.482. The van der Waals surface area contributed by atoms with Crippen molar-refractivity contribution in [2.75, 3.05) is 33.2 Å². The number of nitrogens with zero attached hydrogens (tertiary/aromatic N) is 3. The van der Waals surface area contributed by atoms with Gasteiger partial charge in [-0.1, -0.05) is 85.0 Å². The number of unbranched alkanes of at least 4 members (excludes halogenated alkanes) is 1. The minimum Gasteiger partial charge on any atom is -0.373 e. The van der Waals surface area contributed by atoms with Crippen LogP contribution in [0.3, 0.4) is 0 Å². The first-order valence-corrected chi connectivity index (χ1v) is 13.9. The molecule has 1 atom stereocenters. The van der Waals surface area contributed by atoms with Gasteiger partial charge in [-0.15, -0.1) is 0 Å². The van der Waals surface area contributed by atoms with Crippen molar-refractivity contribution in [3.63, 3.8) is 0 Å². The molecule has 0 spiro atoms. The zero-order valence-corrected chi connectivity index (χ0v) is 22.5. The van der Waals surface area contributed by atoms with E-state index in [-0.39, 0.29) is 0 Å². The van der Waals surface area contributed by atoms with Crippen molar-refractivity contribution in [2.45, 2.75) is 31.1 Å². The van der Waals surface area contributed by atoms with Gasteiger partial charge in [-0.05, 0) is 49.7 Å². The number of hydrogen-bond donors (Lipinski definition) is 1. The number of fused-ring (bicyclic) bond motifs is 1. The molecule has 4 rings (SSSR count). The SMILES string of the molecule is C=C(CCCC)N1CCN(C)CC1.C=Cc1ccc2c(Cl)cc(-c3ccc(S(=C)N)cc3)nc2c1. The van der Waals surface area contributed by atoms with Gasteiger partial charge in [0.15, 0.2) is 0 Å².